The van der Waals surface area contributed by atoms with Crippen molar-refractivity contribution in [3.8, 4) is 43.9 Å². The first-order valence-electron chi connectivity index (χ1n) is 28.1. The zero-order chi connectivity index (χ0) is 72.7. The number of thiocarbonyl (C=S) groups is 1. The molecule has 0 aliphatic rings. The topological polar surface area (TPSA) is 494 Å². The molecule has 39 heteroatoms. The minimum Gasteiger partial charge on any atom is -0.870 e. The van der Waals surface area contributed by atoms with Crippen LogP contribution in [0.4, 0.5) is 26.8 Å². The first-order valence-corrected chi connectivity index (χ1v) is 34.1. The summed E-state index contributed by atoms with van der Waals surface area (Å²) in [5.74, 6) is -2.25. The van der Waals surface area contributed by atoms with E-state index in [9.17, 15) is 43.2 Å². The number of benzene rings is 3. The van der Waals surface area contributed by atoms with Crippen molar-refractivity contribution in [1.82, 2.24) is 54.7 Å². The summed E-state index contributed by atoms with van der Waals surface area (Å²) >= 11 is 18.4. The van der Waals surface area contributed by atoms with Gasteiger partial charge in [0.25, 0.3) is 17.4 Å². The Morgan fingerprint density at radius 2 is 1.09 bits per heavy atom. The second-order valence-corrected chi connectivity index (χ2v) is 26.1. The van der Waals surface area contributed by atoms with Gasteiger partial charge in [0.05, 0.1) is 50.9 Å². The summed E-state index contributed by atoms with van der Waals surface area (Å²) in [7, 11) is 2.81. The average Bonchev–Trinajstić information content (AvgIpc) is 1.66. The Bertz CT molecular complexity index is 5140. The first-order chi connectivity index (χ1) is 47.8. The number of Topliss-reactive ketones (excluding diaryl/α,β-unsaturated/α-hetero) is 2. The summed E-state index contributed by atoms with van der Waals surface area (Å²) in [6, 6.07) is 37.1. The number of halogens is 1. The molecule has 12 N–H and O–H groups in total. The number of thiophene rings is 2. The number of aromatic nitrogens is 11. The first kappa shape index (κ1) is 84.4. The zero-order valence-electron chi connectivity index (χ0n) is 53.6. The number of H-pyrrole nitrogens is 1. The average molecular weight is 1580 g/mol. The van der Waals surface area contributed by atoms with Gasteiger partial charge in [-0.2, -0.15) is 10.5 Å². The van der Waals surface area contributed by atoms with E-state index in [0.29, 0.717) is 84.0 Å². The van der Waals surface area contributed by atoms with Crippen molar-refractivity contribution in [1.29, 1.82) is 10.5 Å². The Labute approximate surface area is 635 Å². The van der Waals surface area contributed by atoms with Gasteiger partial charge in [0, 0.05) is 77.5 Å². The molecule has 0 aliphatic carbocycles. The molecule has 0 bridgehead atoms. The molecule has 0 aliphatic heterocycles. The molecule has 3 amide bonds. The Morgan fingerprint density at radius 1 is 0.670 bits per heavy atom. The number of pyridine rings is 3. The summed E-state index contributed by atoms with van der Waals surface area (Å²) in [6.07, 6.45) is 6.07. The molecule has 12 rings (SSSR count). The number of hydrogen-bond acceptors (Lipinski definition) is 29. The number of carboxylic acid groups (broad SMARTS) is 1. The van der Waals surface area contributed by atoms with E-state index in [2.05, 4.69) is 89.6 Å². The van der Waals surface area contributed by atoms with Crippen molar-refractivity contribution in [3.05, 3.63) is 197 Å². The summed E-state index contributed by atoms with van der Waals surface area (Å²) in [4.78, 5) is 115. The largest absolute Gasteiger partial charge is 1.00 e. The Hall–Kier alpha value is -11.0. The molecule has 0 spiro atoms. The third-order valence-electron chi connectivity index (χ3n) is 12.7. The van der Waals surface area contributed by atoms with Crippen LogP contribution in [0.25, 0.3) is 52.1 Å². The number of anilines is 5. The molecule has 0 radical (unpaired) electrons. The number of aromatic carboxylic acids is 1. The third kappa shape index (κ3) is 23.3. The van der Waals surface area contributed by atoms with E-state index in [0.717, 1.165) is 37.6 Å². The third-order valence-corrected chi connectivity index (χ3v) is 18.6. The van der Waals surface area contributed by atoms with Crippen molar-refractivity contribution < 1.29 is 63.0 Å². The SMILES string of the molecule is C.CC(=O)c1c[nH]c(=S)c(C#N)c1.CC(=O)c1cnc2sc(C(=O)Nc3nnc(-c4ccccc4)s3)c(N)c2c1.Cn1cc(C=O)c(=O)n(C)c1=O.N#CCC(N)=S.Nc1c(C(=O)Nc2nnc(-c3ccccc3)s2)sc2ncc(C(=O)O)cc12.O=C(CBr)Nc1nnc(-c2ccccc2)s1.[Li+].[OH-]. The number of alkyl halides is 1. The maximum atomic E-state index is 12.6. The van der Waals surface area contributed by atoms with Gasteiger partial charge in [0.15, 0.2) is 17.9 Å². The van der Waals surface area contributed by atoms with Crippen LogP contribution in [0.3, 0.4) is 0 Å². The minimum atomic E-state index is -1.11. The number of nitrogens with two attached hydrogens (primary N) is 3. The maximum absolute atomic E-state index is 12.6. The van der Waals surface area contributed by atoms with Gasteiger partial charge < -0.3 is 37.3 Å². The summed E-state index contributed by atoms with van der Waals surface area (Å²) in [5, 5.41) is 62.3. The van der Waals surface area contributed by atoms with E-state index in [-0.39, 0.29) is 93.6 Å². The standard InChI is InChI=1S/C18H13N5O2S2.C17H11N5O3S2.C10H8BrN3OS.C8H6N2OS.C7H8N2O3.C3H4N2S.CH4.Li.H2O/c1-9(24)11-7-12-13(19)14(26-17(12)20-8-11)15(25)21-18-23-22-16(27-18)10-5-3-2-4-6-10;18-11-10-6-9(16(24)25)7-19-15(10)26-12(11)13(23)20-17-22-21-14(27-17)8-4-2-1-3-5-8;11-6-8(15)12-10-14-13-9(16-10)7-4-2-1-3-5-7;1-5(11)7-2-6(3-9)8(12)10-4-7;1-8-3-5(4-10)6(11)9(2)7(8)12;4-2-1-3(5)6;;;/h2-8H,19H2,1H3,(H,21,23,25);1-7H,18H2,(H,24,25)(H,20,22,23);1-5H,6H2,(H,12,14,15);2,4H,1H3,(H,10,12);3-4H,1-2H3;1H2,(H2,5,6);1H4;;1H2/q;;;;;;;+1;/p-1. The fraction of sp³-hybridized carbons (Fsp3) is 0.109. The predicted molar refractivity (Wildman–Crippen MR) is 404 cm³/mol. The van der Waals surface area contributed by atoms with Crippen LogP contribution in [0.1, 0.15) is 94.0 Å². The number of aldehydes is 1. The Morgan fingerprint density at radius 3 is 1.46 bits per heavy atom. The molecule has 0 saturated heterocycles. The number of carbonyl (C=O) groups is 7. The second kappa shape index (κ2) is 40.4. The van der Waals surface area contributed by atoms with Crippen molar-refractivity contribution in [2.24, 2.45) is 19.8 Å². The van der Waals surface area contributed by atoms with E-state index < -0.39 is 23.1 Å². The molecule has 9 heterocycles. The van der Waals surface area contributed by atoms with Crippen molar-refractivity contribution >= 4 is 191 Å². The summed E-state index contributed by atoms with van der Waals surface area (Å²) in [5.41, 5.74) is 20.7. The number of amides is 3. The molecule has 0 saturated carbocycles. The van der Waals surface area contributed by atoms with Crippen molar-refractivity contribution in [2.75, 3.05) is 32.7 Å². The monoisotopic (exact) mass is 1580 g/mol. The number of nitrogens with one attached hydrogen (secondary N) is 4. The van der Waals surface area contributed by atoms with Gasteiger partial charge in [-0.1, -0.05) is 173 Å². The van der Waals surface area contributed by atoms with Crippen LogP contribution in [-0.4, -0.2) is 117 Å². The number of hydrogen-bond donors (Lipinski definition) is 8. The fourth-order valence-electron chi connectivity index (χ4n) is 7.79. The van der Waals surface area contributed by atoms with Crippen molar-refractivity contribution in [3.63, 3.8) is 0 Å². The number of aryl methyl sites for hydroxylation is 1. The quantitative estimate of drug-likeness (QED) is 0.0167. The van der Waals surface area contributed by atoms with Crippen LogP contribution in [0.5, 0.6) is 0 Å². The Balaban J connectivity index is 0.000000276. The van der Waals surface area contributed by atoms with Crippen LogP contribution < -0.4 is 63.3 Å². The molecule has 522 valence electrons. The molecule has 30 nitrogen and oxygen atoms in total. The molecule has 0 fully saturated rings. The molecule has 9 aromatic heterocycles. The van der Waals surface area contributed by atoms with Crippen LogP contribution in [-0.2, 0) is 18.9 Å². The van der Waals surface area contributed by atoms with Gasteiger partial charge in [0.1, 0.15) is 45.1 Å². The molecule has 0 atom stereocenters. The van der Waals surface area contributed by atoms with Crippen LogP contribution in [0, 0.1) is 27.3 Å². The fourth-order valence-corrected chi connectivity index (χ4v) is 12.3. The van der Waals surface area contributed by atoms with E-state index >= 15 is 0 Å². The van der Waals surface area contributed by atoms with Gasteiger partial charge in [-0.05, 0) is 32.0 Å². The van der Waals surface area contributed by atoms with E-state index in [4.69, 9.17) is 45.0 Å². The number of ketones is 2. The molecule has 103 heavy (non-hydrogen) atoms. The predicted octanol–water partition coefficient (Wildman–Crippen LogP) is 8.10. The van der Waals surface area contributed by atoms with E-state index in [1.807, 2.05) is 97.1 Å². The number of carboxylic acids is 1. The van der Waals surface area contributed by atoms with E-state index in [1.54, 1.807) is 12.1 Å². The number of nitrogen functional groups attached to an aromatic ring is 2. The van der Waals surface area contributed by atoms with Gasteiger partial charge in [0.2, 0.25) is 21.3 Å². The molecular formula is C64H55BrLiN19O11S7. The number of fused-ring (bicyclic) bond motifs is 2. The zero-order valence-corrected chi connectivity index (χ0v) is 60.9. The number of nitriles is 2. The number of rotatable bonds is 14. The summed E-state index contributed by atoms with van der Waals surface area (Å²) < 4.78 is 2.44. The second-order valence-electron chi connectivity index (χ2n) is 19.7. The van der Waals surface area contributed by atoms with Gasteiger partial charge in [-0.25, -0.2) is 19.6 Å². The molecular weight excluding hydrogens is 1520 g/mol. The van der Waals surface area contributed by atoms with E-state index in [1.165, 1.54) is 115 Å². The van der Waals surface area contributed by atoms with Crippen molar-refractivity contribution in [2.45, 2.75) is 27.7 Å². The van der Waals surface area contributed by atoms with Gasteiger partial charge in [-0.3, -0.25) is 54.1 Å². The number of carbonyl (C=O) groups excluding carboxylic acids is 6. The molecule has 12 aromatic rings. The van der Waals surface area contributed by atoms with Gasteiger partial charge in [-0.15, -0.1) is 53.3 Å². The smallest absolute Gasteiger partial charge is 0.870 e. The molecule has 0 unspecified atom stereocenters. The van der Waals surface area contributed by atoms with Crippen LogP contribution >= 0.6 is 97.0 Å². The molecule has 3 aromatic carbocycles. The maximum Gasteiger partial charge on any atom is 1.00 e. The van der Waals surface area contributed by atoms with Gasteiger partial charge >= 0.3 is 30.5 Å². The number of nitrogens with zero attached hydrogens (tertiary/aromatic N) is 12. The van der Waals surface area contributed by atoms with Crippen LogP contribution in [0.15, 0.2) is 144 Å². The Kier molecular flexibility index (Phi) is 33.2. The number of aromatic amines is 1. The normalized spacial score (nSPS) is 9.82. The van der Waals surface area contributed by atoms with Crippen LogP contribution in [0.2, 0.25) is 0 Å². The summed E-state index contributed by atoms with van der Waals surface area (Å²) in [6.45, 7) is 2.90. The minimum absolute atomic E-state index is 0.